The highest BCUT2D eigenvalue weighted by atomic mass is 35.6. The van der Waals surface area contributed by atoms with Crippen molar-refractivity contribution in [3.63, 3.8) is 0 Å². The first-order chi connectivity index (χ1) is 4.45. The quantitative estimate of drug-likeness (QED) is 0.287. The summed E-state index contributed by atoms with van der Waals surface area (Å²) < 4.78 is 0. The van der Waals surface area contributed by atoms with Crippen LogP contribution in [0, 0.1) is 5.92 Å². The minimum Gasteiger partial charge on any atom is -0.181 e. The first-order valence-electron chi connectivity index (χ1n) is 3.51. The van der Waals surface area contributed by atoms with E-state index in [9.17, 15) is 0 Å². The van der Waals surface area contributed by atoms with Gasteiger partial charge in [-0.25, -0.2) is 0 Å². The number of fused-ring (bicyclic) bond motifs is 2. The molecule has 0 nitrogen and oxygen atoms in total. The third kappa shape index (κ3) is 1.59. The van der Waals surface area contributed by atoms with Gasteiger partial charge < -0.3 is 0 Å². The fraction of sp³-hybridized carbons (Fsp3) is 0.714. The van der Waals surface area contributed by atoms with Gasteiger partial charge in [0.05, 0.1) is 0 Å². The predicted octanol–water partition coefficient (Wildman–Crippen LogP) is 1.62. The molecule has 2 rings (SSSR count). The van der Waals surface area contributed by atoms with E-state index in [-0.39, 0.29) is 0 Å². The SMILES string of the molecule is C1=C2CCC(C1)C2.[SiH3]Cl. The largest absolute Gasteiger partial charge is 0.181 e. The fourth-order valence-electron chi connectivity index (χ4n) is 1.68. The normalized spacial score (nSPS) is 29.4. The van der Waals surface area contributed by atoms with Crippen LogP contribution < -0.4 is 0 Å². The summed E-state index contributed by atoms with van der Waals surface area (Å²) in [6.45, 7) is 0. The zero-order chi connectivity index (χ0) is 6.69. The van der Waals surface area contributed by atoms with Gasteiger partial charge in [0.25, 0.3) is 0 Å². The van der Waals surface area contributed by atoms with Crippen molar-refractivity contribution in [2.24, 2.45) is 5.92 Å². The Labute approximate surface area is 64.4 Å². The number of hydrogen-bond acceptors (Lipinski definition) is 0. The van der Waals surface area contributed by atoms with Crippen LogP contribution in [0.5, 0.6) is 0 Å². The lowest BCUT2D eigenvalue weighted by molar-refractivity contribution is 0.576. The fourth-order valence-corrected chi connectivity index (χ4v) is 1.68. The van der Waals surface area contributed by atoms with Crippen LogP contribution in [0.25, 0.3) is 0 Å². The molecule has 52 valence electrons. The summed E-state index contributed by atoms with van der Waals surface area (Å²) in [5.41, 5.74) is 1.74. The molecule has 0 N–H and O–H groups in total. The second-order valence-corrected chi connectivity index (χ2v) is 2.71. The average Bonchev–Trinajstić information content (AvgIpc) is 2.53. The van der Waals surface area contributed by atoms with Crippen molar-refractivity contribution in [3.05, 3.63) is 11.6 Å². The standard InChI is InChI=1S/C7H10.ClH3Si/c1-2-7-4-3-6(1)5-7;1-2/h1,7H,2-5H2;2H3. The van der Waals surface area contributed by atoms with E-state index < -0.39 is 0 Å². The summed E-state index contributed by atoms with van der Waals surface area (Å²) in [5.74, 6) is 1.08. The second-order valence-electron chi connectivity index (χ2n) is 2.71. The molecule has 0 aromatic heterocycles. The molecule has 0 radical (unpaired) electrons. The monoisotopic (exact) mass is 160 g/mol. The topological polar surface area (TPSA) is 0 Å². The van der Waals surface area contributed by atoms with Gasteiger partial charge in [-0.1, -0.05) is 11.6 Å². The van der Waals surface area contributed by atoms with Crippen molar-refractivity contribution in [1.29, 1.82) is 0 Å². The van der Waals surface area contributed by atoms with E-state index in [1.54, 1.807) is 5.57 Å². The Morgan fingerprint density at radius 1 is 1.56 bits per heavy atom. The maximum absolute atomic E-state index is 4.78. The molecule has 2 heteroatoms. The number of allylic oxidation sites excluding steroid dienone is 2. The highest BCUT2D eigenvalue weighted by Crippen LogP contribution is 2.38. The Bertz CT molecular complexity index is 120. The molecule has 0 aromatic carbocycles. The molecule has 1 saturated carbocycles. The van der Waals surface area contributed by atoms with Gasteiger partial charge in [-0.3, -0.25) is 0 Å². The highest BCUT2D eigenvalue weighted by Gasteiger charge is 2.22. The van der Waals surface area contributed by atoms with Gasteiger partial charge in [0, 0.05) is 0 Å². The molecule has 2 aliphatic rings. The molecule has 9 heavy (non-hydrogen) atoms. The first kappa shape index (κ1) is 7.36. The molecule has 0 aliphatic heterocycles. The lowest BCUT2D eigenvalue weighted by Crippen LogP contribution is -1.85. The summed E-state index contributed by atoms with van der Waals surface area (Å²) >= 11 is 4.78. The molecule has 0 aromatic rings. The number of rotatable bonds is 0. The van der Waals surface area contributed by atoms with Crippen LogP contribution in [0.2, 0.25) is 0 Å². The Kier molecular flexibility index (Phi) is 2.80. The maximum Gasteiger partial charge on any atom is 0.109 e. The summed E-state index contributed by atoms with van der Waals surface area (Å²) in [6, 6.07) is 0. The number of hydrogen-bond donors (Lipinski definition) is 0. The van der Waals surface area contributed by atoms with Crippen molar-refractivity contribution in [2.45, 2.75) is 25.7 Å². The molecule has 1 fully saturated rings. The Hall–Kier alpha value is 0.247. The van der Waals surface area contributed by atoms with E-state index in [1.165, 1.54) is 25.7 Å². The van der Waals surface area contributed by atoms with Crippen LogP contribution in [0.4, 0.5) is 0 Å². The van der Waals surface area contributed by atoms with Crippen molar-refractivity contribution < 1.29 is 0 Å². The molecular formula is C7H13ClSi. The summed E-state index contributed by atoms with van der Waals surface area (Å²) in [5, 5.41) is 0. The van der Waals surface area contributed by atoms with Crippen LogP contribution in [-0.2, 0) is 0 Å². The zero-order valence-electron chi connectivity index (χ0n) is 5.86. The Morgan fingerprint density at radius 2 is 2.33 bits per heavy atom. The third-order valence-electron chi connectivity index (χ3n) is 2.16. The van der Waals surface area contributed by atoms with E-state index in [0.717, 1.165) is 15.5 Å². The van der Waals surface area contributed by atoms with E-state index in [2.05, 4.69) is 6.08 Å². The summed E-state index contributed by atoms with van der Waals surface area (Å²) in [6.07, 6.45) is 8.18. The molecule has 0 saturated heterocycles. The van der Waals surface area contributed by atoms with Crippen LogP contribution in [-0.4, -0.2) is 9.55 Å². The minimum absolute atomic E-state index is 0.778. The average molecular weight is 161 g/mol. The second kappa shape index (κ2) is 3.42. The molecule has 0 amide bonds. The van der Waals surface area contributed by atoms with Gasteiger partial charge in [0.2, 0.25) is 0 Å². The molecule has 2 bridgehead atoms. The van der Waals surface area contributed by atoms with Crippen molar-refractivity contribution >= 4 is 20.6 Å². The molecule has 2 aliphatic carbocycles. The van der Waals surface area contributed by atoms with Crippen LogP contribution in [0.1, 0.15) is 25.7 Å². The Balaban J connectivity index is 0.000000186. The summed E-state index contributed by atoms with van der Waals surface area (Å²) in [4.78, 5) is 0. The van der Waals surface area contributed by atoms with Gasteiger partial charge in [0.15, 0.2) is 0 Å². The highest BCUT2D eigenvalue weighted by molar-refractivity contribution is 6.80. The van der Waals surface area contributed by atoms with Gasteiger partial charge in [-0.15, -0.1) is 0 Å². The van der Waals surface area contributed by atoms with Crippen molar-refractivity contribution in [2.75, 3.05) is 0 Å². The molecule has 0 spiro atoms. The van der Waals surface area contributed by atoms with E-state index in [0.29, 0.717) is 0 Å². The molecule has 1 atom stereocenters. The molecular weight excluding hydrogens is 148 g/mol. The summed E-state index contributed by atoms with van der Waals surface area (Å²) in [7, 11) is 0.778. The van der Waals surface area contributed by atoms with Crippen LogP contribution in [0.15, 0.2) is 11.6 Å². The van der Waals surface area contributed by atoms with Gasteiger partial charge >= 0.3 is 0 Å². The van der Waals surface area contributed by atoms with Crippen LogP contribution >= 0.6 is 11.1 Å². The van der Waals surface area contributed by atoms with Crippen molar-refractivity contribution in [1.82, 2.24) is 0 Å². The zero-order valence-corrected chi connectivity index (χ0v) is 8.62. The first-order valence-corrected chi connectivity index (χ1v) is 6.53. The minimum atomic E-state index is 0.778. The van der Waals surface area contributed by atoms with Gasteiger partial charge in [-0.2, -0.15) is 11.1 Å². The van der Waals surface area contributed by atoms with Crippen LogP contribution in [0.3, 0.4) is 0 Å². The predicted molar refractivity (Wildman–Crippen MR) is 45.8 cm³/mol. The van der Waals surface area contributed by atoms with E-state index in [4.69, 9.17) is 11.1 Å². The third-order valence-corrected chi connectivity index (χ3v) is 2.16. The van der Waals surface area contributed by atoms with Gasteiger partial charge in [0.1, 0.15) is 9.55 Å². The lowest BCUT2D eigenvalue weighted by Gasteiger charge is -1.98. The lowest BCUT2D eigenvalue weighted by atomic mass is 10.1. The Morgan fingerprint density at radius 3 is 2.44 bits per heavy atom. The van der Waals surface area contributed by atoms with E-state index in [1.807, 2.05) is 0 Å². The van der Waals surface area contributed by atoms with Gasteiger partial charge in [-0.05, 0) is 31.6 Å². The maximum atomic E-state index is 4.78. The molecule has 1 unspecified atom stereocenters. The number of halogens is 1. The molecule has 0 heterocycles. The van der Waals surface area contributed by atoms with E-state index >= 15 is 0 Å². The smallest absolute Gasteiger partial charge is 0.109 e. The van der Waals surface area contributed by atoms with Crippen molar-refractivity contribution in [3.8, 4) is 0 Å².